The third kappa shape index (κ3) is 6.74. The standard InChI is InChI=1S/C22H16N4O12/c27-20(28)18-9-15(25(32)33)6-1-12(18)11-36-38-24-14-4-2-13(3-5-14)23-37-22(31)17-8-7-16(26(34)35)10-19(17)21(29)30/h1-10,23-24H,11H2,(H,27,28)(H,29,30). The van der Waals surface area contributed by atoms with Crippen LogP contribution in [0.3, 0.4) is 0 Å². The van der Waals surface area contributed by atoms with E-state index in [-0.39, 0.29) is 29.1 Å². The highest BCUT2D eigenvalue weighted by Gasteiger charge is 2.22. The molecule has 0 aromatic heterocycles. The fraction of sp³-hybridized carbons (Fsp3) is 0.0455. The molecule has 16 heteroatoms. The number of carbonyl (C=O) groups is 3. The molecule has 0 atom stereocenters. The van der Waals surface area contributed by atoms with E-state index in [1.165, 1.54) is 30.3 Å². The van der Waals surface area contributed by atoms with Crippen molar-refractivity contribution >= 4 is 40.7 Å². The molecule has 3 aromatic carbocycles. The van der Waals surface area contributed by atoms with Gasteiger partial charge in [-0.2, -0.15) is 0 Å². The minimum absolute atomic E-state index is 0.130. The zero-order valence-corrected chi connectivity index (χ0v) is 18.9. The molecule has 4 N–H and O–H groups in total. The Balaban J connectivity index is 1.52. The highest BCUT2D eigenvalue weighted by Crippen LogP contribution is 2.21. The number of carboxylic acid groups (broad SMARTS) is 2. The number of non-ortho nitro benzene ring substituents is 2. The lowest BCUT2D eigenvalue weighted by atomic mass is 10.1. The number of benzene rings is 3. The summed E-state index contributed by atoms with van der Waals surface area (Å²) in [7, 11) is 0. The zero-order valence-electron chi connectivity index (χ0n) is 18.9. The fourth-order valence-electron chi connectivity index (χ4n) is 2.94. The second-order valence-corrected chi connectivity index (χ2v) is 7.21. The van der Waals surface area contributed by atoms with Crippen molar-refractivity contribution in [2.45, 2.75) is 6.61 Å². The average Bonchev–Trinajstić information content (AvgIpc) is 2.89. The number of rotatable bonds is 12. The van der Waals surface area contributed by atoms with Crippen LogP contribution in [0.1, 0.15) is 36.6 Å². The van der Waals surface area contributed by atoms with Crippen molar-refractivity contribution < 1.29 is 49.2 Å². The first-order valence-electron chi connectivity index (χ1n) is 10.2. The van der Waals surface area contributed by atoms with Crippen LogP contribution >= 0.6 is 0 Å². The van der Waals surface area contributed by atoms with Gasteiger partial charge in [0.15, 0.2) is 0 Å². The quantitative estimate of drug-likeness (QED) is 0.114. The number of carboxylic acids is 2. The third-order valence-corrected chi connectivity index (χ3v) is 4.78. The van der Waals surface area contributed by atoms with Gasteiger partial charge in [0.25, 0.3) is 11.4 Å². The van der Waals surface area contributed by atoms with Crippen LogP contribution in [0, 0.1) is 20.2 Å². The molecule has 3 aromatic rings. The number of carbonyl (C=O) groups excluding carboxylic acids is 1. The molecule has 0 bridgehead atoms. The van der Waals surface area contributed by atoms with E-state index in [0.29, 0.717) is 5.69 Å². The van der Waals surface area contributed by atoms with Gasteiger partial charge in [-0.1, -0.05) is 0 Å². The van der Waals surface area contributed by atoms with Crippen molar-refractivity contribution in [3.05, 3.63) is 103 Å². The van der Waals surface area contributed by atoms with Crippen LogP contribution in [0.25, 0.3) is 0 Å². The van der Waals surface area contributed by atoms with Gasteiger partial charge in [-0.3, -0.25) is 20.2 Å². The Morgan fingerprint density at radius 2 is 1.26 bits per heavy atom. The summed E-state index contributed by atoms with van der Waals surface area (Å²) >= 11 is 0. The van der Waals surface area contributed by atoms with Crippen molar-refractivity contribution in [3.63, 3.8) is 0 Å². The molecule has 38 heavy (non-hydrogen) atoms. The normalized spacial score (nSPS) is 10.3. The summed E-state index contributed by atoms with van der Waals surface area (Å²) in [4.78, 5) is 69.6. The number of hydrogen-bond donors (Lipinski definition) is 4. The Labute approximate surface area is 211 Å². The average molecular weight is 528 g/mol. The summed E-state index contributed by atoms with van der Waals surface area (Å²) in [6.07, 6.45) is 0. The first-order valence-corrected chi connectivity index (χ1v) is 10.2. The summed E-state index contributed by atoms with van der Waals surface area (Å²) in [5.74, 6) is -4.02. The van der Waals surface area contributed by atoms with Gasteiger partial charge in [0.1, 0.15) is 6.61 Å². The van der Waals surface area contributed by atoms with Crippen molar-refractivity contribution in [1.29, 1.82) is 0 Å². The van der Waals surface area contributed by atoms with Crippen LogP contribution in [0.4, 0.5) is 22.7 Å². The summed E-state index contributed by atoms with van der Waals surface area (Å²) in [5.41, 5.74) is 3.25. The predicted molar refractivity (Wildman–Crippen MR) is 125 cm³/mol. The van der Waals surface area contributed by atoms with Crippen LogP contribution < -0.4 is 11.0 Å². The molecule has 0 amide bonds. The Morgan fingerprint density at radius 3 is 1.82 bits per heavy atom. The molecule has 0 aliphatic rings. The first-order chi connectivity index (χ1) is 18.1. The summed E-state index contributed by atoms with van der Waals surface area (Å²) in [6.45, 7) is -0.344. The van der Waals surface area contributed by atoms with E-state index in [1.54, 1.807) is 0 Å². The van der Waals surface area contributed by atoms with Gasteiger partial charge in [0.2, 0.25) is 0 Å². The maximum absolute atomic E-state index is 12.3. The molecule has 0 radical (unpaired) electrons. The number of nitro benzene ring substituents is 2. The number of nitrogens with one attached hydrogen (secondary N) is 2. The predicted octanol–water partition coefficient (Wildman–Crippen LogP) is 3.56. The van der Waals surface area contributed by atoms with Gasteiger partial charge in [-0.15, -0.1) is 4.99 Å². The molecule has 0 saturated heterocycles. The molecule has 0 unspecified atom stereocenters. The number of anilines is 2. The van der Waals surface area contributed by atoms with E-state index in [9.17, 15) is 44.8 Å². The summed E-state index contributed by atoms with van der Waals surface area (Å²) < 4.78 is 0. The summed E-state index contributed by atoms with van der Waals surface area (Å²) in [5, 5.41) is 40.1. The fourth-order valence-corrected chi connectivity index (χ4v) is 2.94. The second kappa shape index (κ2) is 11.9. The van der Waals surface area contributed by atoms with Crippen LogP contribution in [0.5, 0.6) is 0 Å². The molecule has 0 heterocycles. The largest absolute Gasteiger partial charge is 0.478 e. The molecular weight excluding hydrogens is 512 g/mol. The molecule has 0 fully saturated rings. The van der Waals surface area contributed by atoms with E-state index in [0.717, 1.165) is 30.3 Å². The minimum atomic E-state index is -1.55. The molecule has 0 saturated carbocycles. The van der Waals surface area contributed by atoms with E-state index < -0.39 is 44.6 Å². The maximum Gasteiger partial charge on any atom is 0.363 e. The molecule has 3 rings (SSSR count). The number of aromatic carboxylic acids is 2. The van der Waals surface area contributed by atoms with Crippen LogP contribution in [0.15, 0.2) is 60.7 Å². The molecule has 16 nitrogen and oxygen atoms in total. The lowest BCUT2D eigenvalue weighted by Gasteiger charge is -2.10. The van der Waals surface area contributed by atoms with E-state index in [4.69, 9.17) is 14.7 Å². The van der Waals surface area contributed by atoms with Crippen LogP contribution in [-0.2, 0) is 21.3 Å². The topological polar surface area (TPSA) is 230 Å². The minimum Gasteiger partial charge on any atom is -0.478 e. The van der Waals surface area contributed by atoms with Gasteiger partial charge >= 0.3 is 17.9 Å². The Hall–Kier alpha value is -5.61. The van der Waals surface area contributed by atoms with Gasteiger partial charge in [-0.25, -0.2) is 30.2 Å². The highest BCUT2D eigenvalue weighted by molar-refractivity contribution is 6.03. The maximum atomic E-state index is 12.3. The highest BCUT2D eigenvalue weighted by atomic mass is 17.3. The molecule has 0 aliphatic carbocycles. The number of hydrogen-bond acceptors (Lipinski definition) is 12. The molecule has 0 aliphatic heterocycles. The van der Waals surface area contributed by atoms with E-state index in [1.807, 2.05) is 0 Å². The van der Waals surface area contributed by atoms with Gasteiger partial charge in [-0.05, 0) is 42.0 Å². The van der Waals surface area contributed by atoms with E-state index in [2.05, 4.69) is 11.0 Å². The van der Waals surface area contributed by atoms with Crippen LogP contribution in [0.2, 0.25) is 0 Å². The van der Waals surface area contributed by atoms with Gasteiger partial charge in [0.05, 0.1) is 37.9 Å². The first kappa shape index (κ1) is 27.0. The monoisotopic (exact) mass is 528 g/mol. The second-order valence-electron chi connectivity index (χ2n) is 7.21. The lowest BCUT2D eigenvalue weighted by Crippen LogP contribution is -2.15. The van der Waals surface area contributed by atoms with Crippen molar-refractivity contribution in [2.75, 3.05) is 11.0 Å². The van der Waals surface area contributed by atoms with Gasteiger partial charge < -0.3 is 15.1 Å². The smallest absolute Gasteiger partial charge is 0.363 e. The third-order valence-electron chi connectivity index (χ3n) is 4.78. The number of nitro groups is 2. The zero-order chi connectivity index (χ0) is 27.8. The van der Waals surface area contributed by atoms with Crippen LogP contribution in [-0.4, -0.2) is 38.0 Å². The molecule has 196 valence electrons. The van der Waals surface area contributed by atoms with Crippen molar-refractivity contribution in [3.8, 4) is 0 Å². The molecule has 0 spiro atoms. The Morgan fingerprint density at radius 1 is 0.737 bits per heavy atom. The van der Waals surface area contributed by atoms with Gasteiger partial charge in [0, 0.05) is 24.3 Å². The Kier molecular flexibility index (Phi) is 8.44. The van der Waals surface area contributed by atoms with E-state index >= 15 is 0 Å². The summed E-state index contributed by atoms with van der Waals surface area (Å²) in [6, 6.07) is 11.7. The lowest BCUT2D eigenvalue weighted by molar-refractivity contribution is -0.385. The SMILES string of the molecule is O=C(O)c1cc([N+](=O)[O-])ccc1COONc1ccc(NOC(=O)c2ccc([N+](=O)[O-])cc2C(=O)O)cc1. The molecular formula is C22H16N4O12. The Bertz CT molecular complexity index is 1410. The van der Waals surface area contributed by atoms with Crippen molar-refractivity contribution in [1.82, 2.24) is 0 Å². The van der Waals surface area contributed by atoms with Crippen molar-refractivity contribution in [2.24, 2.45) is 0 Å². The number of nitrogens with zero attached hydrogens (tertiary/aromatic N) is 2.